The molecule has 106 valence electrons. The van der Waals surface area contributed by atoms with E-state index in [1.54, 1.807) is 42.5 Å². The van der Waals surface area contributed by atoms with Gasteiger partial charge in [0.25, 0.3) is 10.0 Å². The van der Waals surface area contributed by atoms with Crippen LogP contribution < -0.4 is 10.0 Å². The third-order valence-corrected chi connectivity index (χ3v) is 4.45. The lowest BCUT2D eigenvalue weighted by Crippen LogP contribution is -2.16. The van der Waals surface area contributed by atoms with E-state index in [1.807, 2.05) is 6.07 Å². The Bertz CT molecular complexity index is 827. The highest BCUT2D eigenvalue weighted by atomic mass is 32.2. The predicted molar refractivity (Wildman–Crippen MR) is 79.8 cm³/mol. The number of carbonyl (C=O) groups excluding carboxylic acids is 1. The van der Waals surface area contributed by atoms with Gasteiger partial charge in [-0.1, -0.05) is 36.4 Å². The maximum atomic E-state index is 12.0. The monoisotopic (exact) mass is 300 g/mol. The molecule has 0 bridgehead atoms. The minimum Gasteiger partial charge on any atom is -0.322 e. The molecule has 21 heavy (non-hydrogen) atoms. The molecule has 0 saturated carbocycles. The van der Waals surface area contributed by atoms with Crippen molar-refractivity contribution in [3.8, 4) is 0 Å². The molecule has 1 amide bonds. The van der Waals surface area contributed by atoms with Gasteiger partial charge < -0.3 is 5.32 Å². The molecule has 2 aromatic carbocycles. The molecule has 0 saturated heterocycles. The van der Waals surface area contributed by atoms with Crippen molar-refractivity contribution >= 4 is 27.3 Å². The van der Waals surface area contributed by atoms with E-state index in [0.29, 0.717) is 11.3 Å². The molecule has 0 unspecified atom stereocenters. The van der Waals surface area contributed by atoms with Gasteiger partial charge in [0.05, 0.1) is 10.6 Å². The molecule has 0 aromatic heterocycles. The SMILES string of the molecule is O=C(/C=C1\NS(=O)(=O)c2ccccc21)Nc1ccccc1. The van der Waals surface area contributed by atoms with Crippen molar-refractivity contribution in [3.63, 3.8) is 0 Å². The van der Waals surface area contributed by atoms with Crippen LogP contribution in [0, 0.1) is 0 Å². The number of fused-ring (bicyclic) bond motifs is 1. The van der Waals surface area contributed by atoms with Crippen LogP contribution >= 0.6 is 0 Å². The molecule has 0 radical (unpaired) electrons. The second-order valence-electron chi connectivity index (χ2n) is 4.51. The van der Waals surface area contributed by atoms with Crippen molar-refractivity contribution in [2.75, 3.05) is 5.32 Å². The van der Waals surface area contributed by atoms with Gasteiger partial charge in [0, 0.05) is 17.3 Å². The van der Waals surface area contributed by atoms with Crippen LogP contribution in [0.2, 0.25) is 0 Å². The van der Waals surface area contributed by atoms with Crippen LogP contribution in [0.15, 0.2) is 65.6 Å². The second-order valence-corrected chi connectivity index (χ2v) is 6.17. The summed E-state index contributed by atoms with van der Waals surface area (Å²) < 4.78 is 26.2. The first-order valence-electron chi connectivity index (χ1n) is 6.26. The first kappa shape index (κ1) is 13.4. The fraction of sp³-hybridized carbons (Fsp3) is 0. The first-order chi connectivity index (χ1) is 10.1. The quantitative estimate of drug-likeness (QED) is 0.833. The number of hydrogen-bond donors (Lipinski definition) is 2. The van der Waals surface area contributed by atoms with Crippen molar-refractivity contribution in [2.45, 2.75) is 4.90 Å². The summed E-state index contributed by atoms with van der Waals surface area (Å²) in [5.41, 5.74) is 1.42. The lowest BCUT2D eigenvalue weighted by atomic mass is 10.1. The van der Waals surface area contributed by atoms with Crippen LogP contribution in [0.1, 0.15) is 5.56 Å². The topological polar surface area (TPSA) is 75.3 Å². The Hall–Kier alpha value is -2.60. The van der Waals surface area contributed by atoms with Crippen LogP contribution in [0.5, 0.6) is 0 Å². The normalized spacial score (nSPS) is 17.0. The zero-order chi connectivity index (χ0) is 14.9. The number of nitrogens with one attached hydrogen (secondary N) is 2. The Balaban J connectivity index is 1.90. The van der Waals surface area contributed by atoms with Crippen molar-refractivity contribution in [2.24, 2.45) is 0 Å². The van der Waals surface area contributed by atoms with Crippen LogP contribution in [0.25, 0.3) is 5.70 Å². The van der Waals surface area contributed by atoms with Gasteiger partial charge in [-0.25, -0.2) is 8.42 Å². The lowest BCUT2D eigenvalue weighted by molar-refractivity contribution is -0.111. The summed E-state index contributed by atoms with van der Waals surface area (Å²) in [6, 6.07) is 15.5. The van der Waals surface area contributed by atoms with E-state index in [1.165, 1.54) is 12.1 Å². The lowest BCUT2D eigenvalue weighted by Gasteiger charge is -2.03. The van der Waals surface area contributed by atoms with Crippen LogP contribution in [-0.2, 0) is 14.8 Å². The van der Waals surface area contributed by atoms with Crippen molar-refractivity contribution in [3.05, 3.63) is 66.2 Å². The van der Waals surface area contributed by atoms with Crippen LogP contribution in [0.4, 0.5) is 5.69 Å². The van der Waals surface area contributed by atoms with Crippen molar-refractivity contribution in [1.29, 1.82) is 0 Å². The number of hydrogen-bond acceptors (Lipinski definition) is 3. The molecule has 5 nitrogen and oxygen atoms in total. The minimum absolute atomic E-state index is 0.184. The molecule has 0 aliphatic carbocycles. The van der Waals surface area contributed by atoms with Crippen LogP contribution in [0.3, 0.4) is 0 Å². The van der Waals surface area contributed by atoms with Gasteiger partial charge >= 0.3 is 0 Å². The maximum Gasteiger partial charge on any atom is 0.262 e. The molecule has 1 aliphatic rings. The van der Waals surface area contributed by atoms with Crippen LogP contribution in [-0.4, -0.2) is 14.3 Å². The van der Waals surface area contributed by atoms with Gasteiger partial charge in [0.1, 0.15) is 0 Å². The Morgan fingerprint density at radius 3 is 2.43 bits per heavy atom. The molecule has 6 heteroatoms. The number of rotatable bonds is 2. The zero-order valence-electron chi connectivity index (χ0n) is 10.9. The summed E-state index contributed by atoms with van der Waals surface area (Å²) in [6.07, 6.45) is 1.25. The number of anilines is 1. The van der Waals surface area contributed by atoms with E-state index in [2.05, 4.69) is 10.0 Å². The summed E-state index contributed by atoms with van der Waals surface area (Å²) in [6.45, 7) is 0. The number of benzene rings is 2. The summed E-state index contributed by atoms with van der Waals surface area (Å²) in [5, 5.41) is 2.68. The van der Waals surface area contributed by atoms with E-state index in [4.69, 9.17) is 0 Å². The molecule has 2 N–H and O–H groups in total. The van der Waals surface area contributed by atoms with Crippen molar-refractivity contribution in [1.82, 2.24) is 4.72 Å². The van der Waals surface area contributed by atoms with Gasteiger partial charge in [-0.2, -0.15) is 0 Å². The number of sulfonamides is 1. The standard InChI is InChI=1S/C15H12N2O3S/c18-15(16-11-6-2-1-3-7-11)10-13-12-8-4-5-9-14(12)21(19,20)17-13/h1-10,17H,(H,16,18)/b13-10-. The molecule has 3 rings (SSSR count). The largest absolute Gasteiger partial charge is 0.322 e. The second kappa shape index (κ2) is 5.06. The van der Waals surface area contributed by atoms with Gasteiger partial charge in [-0.05, 0) is 18.2 Å². The smallest absolute Gasteiger partial charge is 0.262 e. The minimum atomic E-state index is -3.57. The third-order valence-electron chi connectivity index (χ3n) is 3.03. The summed E-state index contributed by atoms with van der Waals surface area (Å²) >= 11 is 0. The Morgan fingerprint density at radius 1 is 1.00 bits per heavy atom. The fourth-order valence-electron chi connectivity index (χ4n) is 2.12. The molecular formula is C15H12N2O3S. The number of carbonyl (C=O) groups is 1. The maximum absolute atomic E-state index is 12.0. The van der Waals surface area contributed by atoms with E-state index in [9.17, 15) is 13.2 Å². The summed E-state index contributed by atoms with van der Waals surface area (Å²) in [4.78, 5) is 12.2. The molecule has 2 aromatic rings. The molecular weight excluding hydrogens is 288 g/mol. The molecule has 0 atom stereocenters. The van der Waals surface area contributed by atoms with Crippen molar-refractivity contribution < 1.29 is 13.2 Å². The first-order valence-corrected chi connectivity index (χ1v) is 7.74. The Labute approximate surface area is 122 Å². The Morgan fingerprint density at radius 2 is 1.67 bits per heavy atom. The van der Waals surface area contributed by atoms with E-state index in [-0.39, 0.29) is 10.6 Å². The van der Waals surface area contributed by atoms with Gasteiger partial charge in [0.15, 0.2) is 0 Å². The average molecular weight is 300 g/mol. The summed E-state index contributed by atoms with van der Waals surface area (Å²) in [5.74, 6) is -0.393. The molecule has 1 heterocycles. The number of para-hydroxylation sites is 1. The molecule has 0 spiro atoms. The van der Waals surface area contributed by atoms with Gasteiger partial charge in [-0.15, -0.1) is 0 Å². The van der Waals surface area contributed by atoms with E-state index in [0.717, 1.165) is 0 Å². The highest BCUT2D eigenvalue weighted by molar-refractivity contribution is 7.90. The molecule has 0 fully saturated rings. The summed E-state index contributed by atoms with van der Waals surface area (Å²) in [7, 11) is -3.57. The highest BCUT2D eigenvalue weighted by Crippen LogP contribution is 2.29. The highest BCUT2D eigenvalue weighted by Gasteiger charge is 2.29. The fourth-order valence-corrected chi connectivity index (χ4v) is 3.41. The predicted octanol–water partition coefficient (Wildman–Crippen LogP) is 1.96. The van der Waals surface area contributed by atoms with Gasteiger partial charge in [-0.3, -0.25) is 9.52 Å². The third kappa shape index (κ3) is 2.66. The van der Waals surface area contributed by atoms with Gasteiger partial charge in [0.2, 0.25) is 5.91 Å². The zero-order valence-corrected chi connectivity index (χ0v) is 11.7. The van der Waals surface area contributed by atoms with E-state index < -0.39 is 15.9 Å². The molecule has 1 aliphatic heterocycles. The number of amides is 1. The van der Waals surface area contributed by atoms with E-state index >= 15 is 0 Å². The average Bonchev–Trinajstić information content (AvgIpc) is 2.72. The Kier molecular flexibility index (Phi) is 3.23.